The Morgan fingerprint density at radius 3 is 2.63 bits per heavy atom. The van der Waals surface area contributed by atoms with Crippen molar-refractivity contribution in [2.45, 2.75) is 33.6 Å². The fraction of sp³-hybridized carbons (Fsp3) is 0.600. The number of nitrogens with zero attached hydrogens (tertiary/aromatic N) is 1. The van der Waals surface area contributed by atoms with Crippen LogP contribution >= 0.6 is 0 Å². The van der Waals surface area contributed by atoms with Crippen LogP contribution in [0.1, 0.15) is 31.9 Å². The molecule has 1 aromatic carbocycles. The van der Waals surface area contributed by atoms with E-state index in [0.717, 1.165) is 5.56 Å². The number of ether oxygens (including phenoxy) is 2. The van der Waals surface area contributed by atoms with E-state index in [1.165, 1.54) is 11.0 Å². The molecule has 148 valence electrons. The van der Waals surface area contributed by atoms with E-state index < -0.39 is 6.09 Å². The summed E-state index contributed by atoms with van der Waals surface area (Å²) in [6, 6.07) is 3.17. The summed E-state index contributed by atoms with van der Waals surface area (Å²) in [5, 5.41) is 8.96. The maximum atomic E-state index is 14.5. The molecule has 0 saturated carbocycles. The molecule has 6 nitrogen and oxygen atoms in total. The number of fused-ring (bicyclic) bond motifs is 1. The van der Waals surface area contributed by atoms with E-state index in [2.05, 4.69) is 0 Å². The number of hydrogen-bond donors (Lipinski definition) is 1. The van der Waals surface area contributed by atoms with Gasteiger partial charge in [-0.25, -0.2) is 9.18 Å². The molecule has 0 aromatic heterocycles. The van der Waals surface area contributed by atoms with Crippen LogP contribution in [0.25, 0.3) is 0 Å². The molecule has 1 fully saturated rings. The zero-order chi connectivity index (χ0) is 19.8. The second-order valence-electron chi connectivity index (χ2n) is 8.06. The standard InChI is InChI=1S/C20H26FNO5/c1-4-26-18(23)13-5-12-6-15(8-17(21)16(12)7-13)27-11-20(2,3)14-9-22(10-14)19(24)25/h6,8,13-14H,4-5,7,9-11H2,1-3H3,(H,24,25). The Kier molecular flexibility index (Phi) is 5.31. The summed E-state index contributed by atoms with van der Waals surface area (Å²) < 4.78 is 25.4. The summed E-state index contributed by atoms with van der Waals surface area (Å²) in [6.07, 6.45) is -0.0828. The molecule has 1 N–H and O–H groups in total. The monoisotopic (exact) mass is 379 g/mol. The van der Waals surface area contributed by atoms with Crippen molar-refractivity contribution in [3.8, 4) is 5.75 Å². The fourth-order valence-corrected chi connectivity index (χ4v) is 3.69. The van der Waals surface area contributed by atoms with Gasteiger partial charge in [0.05, 0.1) is 19.1 Å². The van der Waals surface area contributed by atoms with E-state index in [1.54, 1.807) is 13.0 Å². The number of benzene rings is 1. The van der Waals surface area contributed by atoms with Gasteiger partial charge in [0.1, 0.15) is 11.6 Å². The third kappa shape index (κ3) is 4.01. The van der Waals surface area contributed by atoms with Crippen molar-refractivity contribution in [2.24, 2.45) is 17.3 Å². The molecule has 0 bridgehead atoms. The van der Waals surface area contributed by atoms with E-state index in [1.807, 2.05) is 13.8 Å². The van der Waals surface area contributed by atoms with E-state index in [0.29, 0.717) is 50.5 Å². The Bertz CT molecular complexity index is 742. The van der Waals surface area contributed by atoms with Crippen LogP contribution in [-0.4, -0.2) is 48.4 Å². The smallest absolute Gasteiger partial charge is 0.407 e. The van der Waals surface area contributed by atoms with Crippen molar-refractivity contribution in [3.63, 3.8) is 0 Å². The lowest BCUT2D eigenvalue weighted by atomic mass is 9.75. The summed E-state index contributed by atoms with van der Waals surface area (Å²) in [5.41, 5.74) is 1.13. The van der Waals surface area contributed by atoms with Crippen LogP contribution in [0.2, 0.25) is 0 Å². The molecule has 27 heavy (non-hydrogen) atoms. The first-order valence-corrected chi connectivity index (χ1v) is 9.30. The molecule has 1 amide bonds. The molecule has 1 aromatic rings. The third-order valence-electron chi connectivity index (χ3n) is 5.67. The molecule has 0 spiro atoms. The predicted molar refractivity (Wildman–Crippen MR) is 96.3 cm³/mol. The van der Waals surface area contributed by atoms with E-state index in [9.17, 15) is 14.0 Å². The summed E-state index contributed by atoms with van der Waals surface area (Å²) >= 11 is 0. The number of rotatable bonds is 6. The lowest BCUT2D eigenvalue weighted by Gasteiger charge is -2.46. The number of esters is 1. The lowest BCUT2D eigenvalue weighted by molar-refractivity contribution is -0.147. The van der Waals surface area contributed by atoms with Crippen LogP contribution in [0.15, 0.2) is 12.1 Å². The molecule has 1 heterocycles. The van der Waals surface area contributed by atoms with E-state index in [4.69, 9.17) is 14.6 Å². The first kappa shape index (κ1) is 19.5. The van der Waals surface area contributed by atoms with Gasteiger partial charge >= 0.3 is 12.1 Å². The Balaban J connectivity index is 1.61. The minimum absolute atomic E-state index is 0.209. The number of amides is 1. The molecule has 1 aliphatic heterocycles. The highest BCUT2D eigenvalue weighted by molar-refractivity contribution is 5.74. The van der Waals surface area contributed by atoms with E-state index >= 15 is 0 Å². The van der Waals surface area contributed by atoms with Gasteiger partial charge in [0, 0.05) is 30.5 Å². The van der Waals surface area contributed by atoms with Crippen molar-refractivity contribution in [1.82, 2.24) is 4.90 Å². The molecular formula is C20H26FNO5. The van der Waals surface area contributed by atoms with Crippen LogP contribution in [0.5, 0.6) is 5.75 Å². The van der Waals surface area contributed by atoms with Crippen molar-refractivity contribution >= 4 is 12.1 Å². The lowest BCUT2D eigenvalue weighted by Crippen LogP contribution is -2.56. The molecule has 1 atom stereocenters. The summed E-state index contributed by atoms with van der Waals surface area (Å²) in [6.45, 7) is 7.47. The molecule has 3 rings (SSSR count). The number of carbonyl (C=O) groups is 2. The Morgan fingerprint density at radius 2 is 2.00 bits per heavy atom. The summed E-state index contributed by atoms with van der Waals surface area (Å²) in [5.74, 6) is -0.324. The number of carbonyl (C=O) groups excluding carboxylic acids is 1. The number of carboxylic acid groups (broad SMARTS) is 1. The molecule has 7 heteroatoms. The second-order valence-corrected chi connectivity index (χ2v) is 8.06. The largest absolute Gasteiger partial charge is 0.493 e. The highest BCUT2D eigenvalue weighted by atomic mass is 19.1. The van der Waals surface area contributed by atoms with Crippen LogP contribution in [-0.2, 0) is 22.4 Å². The van der Waals surface area contributed by atoms with Gasteiger partial charge in [-0.15, -0.1) is 0 Å². The molecule has 1 unspecified atom stereocenters. The van der Waals surface area contributed by atoms with Crippen LogP contribution in [0, 0.1) is 23.1 Å². The van der Waals surface area contributed by atoms with Crippen molar-refractivity contribution < 1.29 is 28.6 Å². The van der Waals surface area contributed by atoms with Crippen LogP contribution in [0.4, 0.5) is 9.18 Å². The second kappa shape index (κ2) is 7.37. The zero-order valence-corrected chi connectivity index (χ0v) is 16.0. The third-order valence-corrected chi connectivity index (χ3v) is 5.67. The SMILES string of the molecule is CCOC(=O)C1Cc2cc(OCC(C)(C)C3CN(C(=O)O)C3)cc(F)c2C1. The Hall–Kier alpha value is -2.31. The molecule has 2 aliphatic rings. The molecular weight excluding hydrogens is 353 g/mol. The van der Waals surface area contributed by atoms with Gasteiger partial charge in [0.15, 0.2) is 0 Å². The van der Waals surface area contributed by atoms with Gasteiger partial charge in [0.2, 0.25) is 0 Å². The minimum atomic E-state index is -0.903. The Labute approximate surface area is 158 Å². The fourth-order valence-electron chi connectivity index (χ4n) is 3.69. The average molecular weight is 379 g/mol. The van der Waals surface area contributed by atoms with Crippen molar-refractivity contribution in [2.75, 3.05) is 26.3 Å². The maximum Gasteiger partial charge on any atom is 0.407 e. The topological polar surface area (TPSA) is 76.1 Å². The number of hydrogen-bond acceptors (Lipinski definition) is 4. The first-order valence-electron chi connectivity index (χ1n) is 9.30. The average Bonchev–Trinajstić information content (AvgIpc) is 2.96. The van der Waals surface area contributed by atoms with Gasteiger partial charge in [-0.2, -0.15) is 0 Å². The van der Waals surface area contributed by atoms with Crippen molar-refractivity contribution in [1.29, 1.82) is 0 Å². The minimum Gasteiger partial charge on any atom is -0.493 e. The van der Waals surface area contributed by atoms with Gasteiger partial charge in [0.25, 0.3) is 0 Å². The summed E-state index contributed by atoms with van der Waals surface area (Å²) in [4.78, 5) is 24.2. The zero-order valence-electron chi connectivity index (χ0n) is 16.0. The van der Waals surface area contributed by atoms with Gasteiger partial charge in [-0.05, 0) is 37.0 Å². The Morgan fingerprint density at radius 1 is 1.30 bits per heavy atom. The highest BCUT2D eigenvalue weighted by Gasteiger charge is 2.41. The van der Waals surface area contributed by atoms with Crippen LogP contribution < -0.4 is 4.74 Å². The van der Waals surface area contributed by atoms with Crippen LogP contribution in [0.3, 0.4) is 0 Å². The normalized spacial score (nSPS) is 19.4. The van der Waals surface area contributed by atoms with Gasteiger partial charge in [-0.3, -0.25) is 4.79 Å². The molecule has 1 aliphatic carbocycles. The summed E-state index contributed by atoms with van der Waals surface area (Å²) in [7, 11) is 0. The maximum absolute atomic E-state index is 14.5. The van der Waals surface area contributed by atoms with Crippen molar-refractivity contribution in [3.05, 3.63) is 29.1 Å². The van der Waals surface area contributed by atoms with Gasteiger partial charge in [-0.1, -0.05) is 13.8 Å². The highest BCUT2D eigenvalue weighted by Crippen LogP contribution is 2.37. The predicted octanol–water partition coefficient (Wildman–Crippen LogP) is 3.12. The number of halogens is 1. The first-order chi connectivity index (χ1) is 12.7. The molecule has 0 radical (unpaired) electrons. The number of likely N-dealkylation sites (tertiary alicyclic amines) is 1. The quantitative estimate of drug-likeness (QED) is 0.769. The molecule has 1 saturated heterocycles. The van der Waals surface area contributed by atoms with Gasteiger partial charge < -0.3 is 19.5 Å². The van der Waals surface area contributed by atoms with E-state index in [-0.39, 0.29) is 29.0 Å².